The van der Waals surface area contributed by atoms with Crippen LogP contribution in [0.4, 0.5) is 5.69 Å². The van der Waals surface area contributed by atoms with Crippen molar-refractivity contribution in [3.05, 3.63) is 23.3 Å². The molecule has 0 saturated carbocycles. The molecule has 1 aliphatic heterocycles. The molecule has 0 spiro atoms. The van der Waals surface area contributed by atoms with Gasteiger partial charge in [-0.15, -0.1) is 0 Å². The van der Waals surface area contributed by atoms with E-state index in [0.717, 1.165) is 29.9 Å². The molecule has 118 valence electrons. The highest BCUT2D eigenvalue weighted by molar-refractivity contribution is 7.89. The van der Waals surface area contributed by atoms with Crippen molar-refractivity contribution in [2.75, 3.05) is 25.5 Å². The smallest absolute Gasteiger partial charge is 0.238 e. The fourth-order valence-corrected chi connectivity index (χ4v) is 3.43. The number of nitrogens with one attached hydrogen (secondary N) is 1. The van der Waals surface area contributed by atoms with Gasteiger partial charge in [-0.25, -0.2) is 13.6 Å². The van der Waals surface area contributed by atoms with Crippen LogP contribution in [-0.2, 0) is 10.0 Å². The van der Waals surface area contributed by atoms with E-state index in [1.807, 2.05) is 13.8 Å². The Morgan fingerprint density at radius 3 is 2.67 bits per heavy atom. The Morgan fingerprint density at radius 2 is 2.05 bits per heavy atom. The van der Waals surface area contributed by atoms with Gasteiger partial charge in [0.15, 0.2) is 0 Å². The van der Waals surface area contributed by atoms with Crippen LogP contribution in [0.5, 0.6) is 0 Å². The first-order chi connectivity index (χ1) is 9.79. The van der Waals surface area contributed by atoms with E-state index in [1.54, 1.807) is 12.1 Å². The van der Waals surface area contributed by atoms with Crippen LogP contribution in [-0.4, -0.2) is 39.5 Å². The number of rotatable bonds is 4. The number of nitrogens with two attached hydrogens (primary N) is 1. The van der Waals surface area contributed by atoms with Crippen LogP contribution in [0.1, 0.15) is 30.4 Å². The zero-order valence-corrected chi connectivity index (χ0v) is 13.8. The van der Waals surface area contributed by atoms with Gasteiger partial charge in [0, 0.05) is 18.3 Å². The standard InChI is InChI=1S/C15H25N3O2S/c1-11-8-14(21(16,19)20)9-15(12(11)2)17-10-13-6-4-5-7-18(13)3/h8-9,13,17H,4-7,10H2,1-3H3,(H2,16,19,20). The molecule has 5 nitrogen and oxygen atoms in total. The molecule has 1 heterocycles. The molecule has 21 heavy (non-hydrogen) atoms. The van der Waals surface area contributed by atoms with Crippen molar-refractivity contribution in [2.24, 2.45) is 5.14 Å². The SMILES string of the molecule is Cc1cc(S(N)(=O)=O)cc(NCC2CCCCN2C)c1C. The van der Waals surface area contributed by atoms with Crippen molar-refractivity contribution in [2.45, 2.75) is 44.0 Å². The van der Waals surface area contributed by atoms with Gasteiger partial charge in [-0.1, -0.05) is 6.42 Å². The van der Waals surface area contributed by atoms with Gasteiger partial charge < -0.3 is 10.2 Å². The summed E-state index contributed by atoms with van der Waals surface area (Å²) in [6.45, 7) is 5.85. The highest BCUT2D eigenvalue weighted by atomic mass is 32.2. The number of aryl methyl sites for hydroxylation is 1. The molecule has 0 radical (unpaired) electrons. The molecule has 1 aromatic carbocycles. The summed E-state index contributed by atoms with van der Waals surface area (Å²) in [4.78, 5) is 2.53. The van der Waals surface area contributed by atoms with E-state index in [0.29, 0.717) is 6.04 Å². The monoisotopic (exact) mass is 311 g/mol. The second-order valence-corrected chi connectivity index (χ2v) is 7.53. The maximum atomic E-state index is 11.5. The van der Waals surface area contributed by atoms with Crippen molar-refractivity contribution in [1.82, 2.24) is 4.90 Å². The zero-order chi connectivity index (χ0) is 15.6. The lowest BCUT2D eigenvalue weighted by Crippen LogP contribution is -2.40. The maximum Gasteiger partial charge on any atom is 0.238 e. The number of hydrogen-bond acceptors (Lipinski definition) is 4. The number of likely N-dealkylation sites (N-methyl/N-ethyl adjacent to an activating group) is 1. The Kier molecular flexibility index (Phi) is 4.91. The minimum atomic E-state index is -3.67. The summed E-state index contributed by atoms with van der Waals surface area (Å²) in [6, 6.07) is 3.76. The largest absolute Gasteiger partial charge is 0.383 e. The molecule has 1 aromatic rings. The summed E-state index contributed by atoms with van der Waals surface area (Å²) in [5, 5.41) is 8.65. The molecule has 1 fully saturated rings. The minimum absolute atomic E-state index is 0.171. The van der Waals surface area contributed by atoms with Gasteiger partial charge in [-0.05, 0) is 63.5 Å². The van der Waals surface area contributed by atoms with Crippen LogP contribution in [0.2, 0.25) is 0 Å². The normalized spacial score (nSPS) is 20.5. The highest BCUT2D eigenvalue weighted by Crippen LogP contribution is 2.24. The Labute approximate surface area is 127 Å². The fraction of sp³-hybridized carbons (Fsp3) is 0.600. The van der Waals surface area contributed by atoms with Crippen LogP contribution < -0.4 is 10.5 Å². The highest BCUT2D eigenvalue weighted by Gasteiger charge is 2.19. The van der Waals surface area contributed by atoms with Crippen molar-refractivity contribution in [1.29, 1.82) is 0 Å². The molecule has 6 heteroatoms. The van der Waals surface area contributed by atoms with Gasteiger partial charge in [0.05, 0.1) is 4.90 Å². The van der Waals surface area contributed by atoms with E-state index >= 15 is 0 Å². The summed E-state index contributed by atoms with van der Waals surface area (Å²) in [7, 11) is -1.53. The molecule has 1 unspecified atom stereocenters. The summed E-state index contributed by atoms with van der Waals surface area (Å²) in [6.07, 6.45) is 3.69. The van der Waals surface area contributed by atoms with E-state index in [4.69, 9.17) is 5.14 Å². The van der Waals surface area contributed by atoms with Gasteiger partial charge in [0.1, 0.15) is 0 Å². The number of primary sulfonamides is 1. The maximum absolute atomic E-state index is 11.5. The van der Waals surface area contributed by atoms with E-state index in [1.165, 1.54) is 19.3 Å². The molecule has 0 bridgehead atoms. The van der Waals surface area contributed by atoms with E-state index in [9.17, 15) is 8.42 Å². The predicted molar refractivity (Wildman–Crippen MR) is 86.0 cm³/mol. The van der Waals surface area contributed by atoms with Crippen molar-refractivity contribution >= 4 is 15.7 Å². The number of piperidine rings is 1. The van der Waals surface area contributed by atoms with Gasteiger partial charge >= 0.3 is 0 Å². The molecule has 0 aliphatic carbocycles. The van der Waals surface area contributed by atoms with Gasteiger partial charge in [-0.3, -0.25) is 0 Å². The Balaban J connectivity index is 2.17. The Bertz CT molecular complexity index is 614. The van der Waals surface area contributed by atoms with Gasteiger partial charge in [-0.2, -0.15) is 0 Å². The van der Waals surface area contributed by atoms with Crippen molar-refractivity contribution in [3.8, 4) is 0 Å². The quantitative estimate of drug-likeness (QED) is 0.890. The summed E-state index contributed by atoms with van der Waals surface area (Å²) < 4.78 is 23.1. The summed E-state index contributed by atoms with van der Waals surface area (Å²) >= 11 is 0. The topological polar surface area (TPSA) is 75.4 Å². The third-order valence-corrected chi connectivity index (χ3v) is 5.31. The van der Waals surface area contributed by atoms with Crippen molar-refractivity contribution < 1.29 is 8.42 Å². The molecule has 1 saturated heterocycles. The summed E-state index contributed by atoms with van der Waals surface area (Å²) in [5.74, 6) is 0. The van der Waals surface area contributed by atoms with Crippen LogP contribution >= 0.6 is 0 Å². The average molecular weight is 311 g/mol. The Morgan fingerprint density at radius 1 is 1.33 bits per heavy atom. The fourth-order valence-electron chi connectivity index (χ4n) is 2.80. The lowest BCUT2D eigenvalue weighted by atomic mass is 10.0. The van der Waals surface area contributed by atoms with Crippen LogP contribution in [0.3, 0.4) is 0 Å². The lowest BCUT2D eigenvalue weighted by Gasteiger charge is -2.33. The molecule has 3 N–H and O–H groups in total. The number of sulfonamides is 1. The first kappa shape index (κ1) is 16.3. The van der Waals surface area contributed by atoms with Crippen LogP contribution in [0.25, 0.3) is 0 Å². The van der Waals surface area contributed by atoms with E-state index in [2.05, 4.69) is 17.3 Å². The first-order valence-corrected chi connectivity index (χ1v) is 8.92. The molecule has 1 aliphatic rings. The molecule has 0 aromatic heterocycles. The second-order valence-electron chi connectivity index (χ2n) is 5.97. The zero-order valence-electron chi connectivity index (χ0n) is 13.0. The molecule has 1 atom stereocenters. The molecular weight excluding hydrogens is 286 g/mol. The van der Waals surface area contributed by atoms with E-state index < -0.39 is 10.0 Å². The molecule has 0 amide bonds. The number of nitrogens with zero attached hydrogens (tertiary/aromatic N) is 1. The van der Waals surface area contributed by atoms with Crippen molar-refractivity contribution in [3.63, 3.8) is 0 Å². The number of benzene rings is 1. The van der Waals surface area contributed by atoms with Crippen LogP contribution in [0.15, 0.2) is 17.0 Å². The lowest BCUT2D eigenvalue weighted by molar-refractivity contribution is 0.194. The number of hydrogen-bond donors (Lipinski definition) is 2. The molecular formula is C15H25N3O2S. The third-order valence-electron chi connectivity index (χ3n) is 4.42. The predicted octanol–water partition coefficient (Wildman–Crippen LogP) is 1.85. The van der Waals surface area contributed by atoms with Gasteiger partial charge in [0.2, 0.25) is 10.0 Å². The Hall–Kier alpha value is -1.11. The average Bonchev–Trinajstić information content (AvgIpc) is 2.40. The molecule has 2 rings (SSSR count). The third kappa shape index (κ3) is 3.96. The minimum Gasteiger partial charge on any atom is -0.383 e. The number of likely N-dealkylation sites (tertiary alicyclic amines) is 1. The summed E-state index contributed by atoms with van der Waals surface area (Å²) in [5.41, 5.74) is 2.86. The van der Waals surface area contributed by atoms with E-state index in [-0.39, 0.29) is 4.90 Å². The van der Waals surface area contributed by atoms with Gasteiger partial charge in [0.25, 0.3) is 0 Å². The second kappa shape index (κ2) is 6.34. The number of anilines is 1. The first-order valence-electron chi connectivity index (χ1n) is 7.37. The van der Waals surface area contributed by atoms with Crippen LogP contribution in [0, 0.1) is 13.8 Å².